The number of fused-ring (bicyclic) bond motifs is 1. The van der Waals surface area contributed by atoms with Gasteiger partial charge < -0.3 is 10.0 Å². The first-order chi connectivity index (χ1) is 15.5. The molecule has 1 N–H and O–H groups in total. The molecular weight excluding hydrogens is 570 g/mol. The molecule has 188 valence electrons. The van der Waals surface area contributed by atoms with Gasteiger partial charge in [0.05, 0.1) is 4.90 Å². The van der Waals surface area contributed by atoms with Crippen LogP contribution in [0.25, 0.3) is 10.8 Å². The van der Waals surface area contributed by atoms with Crippen LogP contribution in [-0.2, 0) is 23.0 Å². The molecule has 0 radical (unpaired) electrons. The average Bonchev–Trinajstić information content (AvgIpc) is 2.77. The molecular formula is C28H44BaO4S. The Morgan fingerprint density at radius 1 is 0.676 bits per heavy atom. The second-order valence-corrected chi connectivity index (χ2v) is 10.6. The average molecular weight is 614 g/mol. The first kappa shape index (κ1) is 34.1. The van der Waals surface area contributed by atoms with E-state index in [2.05, 4.69) is 26.0 Å². The molecule has 0 bridgehead atoms. The summed E-state index contributed by atoms with van der Waals surface area (Å²) in [5.74, 6) is 0. The Kier molecular flexibility index (Phi) is 19.4. The first-order valence-electron chi connectivity index (χ1n) is 13.0. The van der Waals surface area contributed by atoms with Crippen molar-refractivity contribution in [2.45, 2.75) is 121 Å². The summed E-state index contributed by atoms with van der Waals surface area (Å²) in [7, 11) is -4.48. The summed E-state index contributed by atoms with van der Waals surface area (Å²) in [4.78, 5) is -0.0111. The molecule has 6 heteroatoms. The van der Waals surface area contributed by atoms with Crippen LogP contribution in [0.3, 0.4) is 0 Å². The van der Waals surface area contributed by atoms with E-state index >= 15 is 0 Å². The summed E-state index contributed by atoms with van der Waals surface area (Å²) in [6, 6.07) is 9.55. The van der Waals surface area contributed by atoms with E-state index in [0.29, 0.717) is 6.42 Å². The van der Waals surface area contributed by atoms with Crippen LogP contribution in [0.5, 0.6) is 0 Å². The fourth-order valence-corrected chi connectivity index (χ4v) is 5.48. The SMILES string of the molecule is CCCCCCCCCc1cccc2ccc(S(=O)(=O)[O-])c(CCCCCCCCC)c12.[Ba+2].[OH-]. The van der Waals surface area contributed by atoms with Gasteiger partial charge in [-0.1, -0.05) is 115 Å². The zero-order valence-corrected chi connectivity index (χ0v) is 26.7. The van der Waals surface area contributed by atoms with Crippen molar-refractivity contribution in [1.29, 1.82) is 0 Å². The van der Waals surface area contributed by atoms with E-state index in [1.165, 1.54) is 82.3 Å². The molecule has 2 aromatic carbocycles. The van der Waals surface area contributed by atoms with Crippen molar-refractivity contribution >= 4 is 69.8 Å². The Hall–Kier alpha value is 0.141. The molecule has 0 saturated heterocycles. The second-order valence-electron chi connectivity index (χ2n) is 9.25. The third-order valence-corrected chi connectivity index (χ3v) is 7.47. The standard InChI is InChI=1S/C28H44O3S.Ba.H2O/c1-3-5-7-9-11-13-15-18-24-19-17-20-25-22-23-27(32(29,30)31)26(28(24)25)21-16-14-12-10-8-6-4-2;;/h17,19-20,22-23H,3-16,18,21H2,1-2H3,(H,29,30,31);;1H2/q;+2;/p-2. The first-order valence-corrected chi connectivity index (χ1v) is 14.4. The van der Waals surface area contributed by atoms with Crippen molar-refractivity contribution in [2.24, 2.45) is 0 Å². The molecule has 34 heavy (non-hydrogen) atoms. The zero-order chi connectivity index (χ0) is 23.2. The molecule has 0 heterocycles. The molecule has 0 unspecified atom stereocenters. The maximum absolute atomic E-state index is 12.0. The van der Waals surface area contributed by atoms with Crippen molar-refractivity contribution in [3.05, 3.63) is 41.5 Å². The molecule has 0 saturated carbocycles. The maximum atomic E-state index is 12.0. The van der Waals surface area contributed by atoms with Crippen LogP contribution < -0.4 is 0 Å². The monoisotopic (exact) mass is 614 g/mol. The number of rotatable bonds is 17. The molecule has 2 aromatic rings. The summed E-state index contributed by atoms with van der Waals surface area (Å²) in [6.07, 6.45) is 18.6. The minimum atomic E-state index is -4.48. The van der Waals surface area contributed by atoms with Crippen LogP contribution in [-0.4, -0.2) is 67.3 Å². The van der Waals surface area contributed by atoms with Gasteiger partial charge in [0.25, 0.3) is 0 Å². The van der Waals surface area contributed by atoms with Crippen LogP contribution in [0.4, 0.5) is 0 Å². The summed E-state index contributed by atoms with van der Waals surface area (Å²) < 4.78 is 36.1. The van der Waals surface area contributed by atoms with Crippen LogP contribution in [0, 0.1) is 0 Å². The number of hydrogen-bond acceptors (Lipinski definition) is 4. The molecule has 0 atom stereocenters. The number of unbranched alkanes of at least 4 members (excludes halogenated alkanes) is 12. The van der Waals surface area contributed by atoms with E-state index in [1.807, 2.05) is 12.1 Å². The summed E-state index contributed by atoms with van der Waals surface area (Å²) in [5.41, 5.74) is 1.95. The van der Waals surface area contributed by atoms with Crippen LogP contribution >= 0.6 is 0 Å². The van der Waals surface area contributed by atoms with Gasteiger partial charge in [-0.25, -0.2) is 8.42 Å². The quantitative estimate of drug-likeness (QED) is 0.104. The summed E-state index contributed by atoms with van der Waals surface area (Å²) in [6.45, 7) is 4.45. The Balaban J connectivity index is 0.00000544. The van der Waals surface area contributed by atoms with Crippen LogP contribution in [0.15, 0.2) is 35.2 Å². The fourth-order valence-electron chi connectivity index (χ4n) is 4.74. The Morgan fingerprint density at radius 2 is 1.18 bits per heavy atom. The fraction of sp³-hybridized carbons (Fsp3) is 0.643. The van der Waals surface area contributed by atoms with Gasteiger partial charge in [-0.05, 0) is 53.6 Å². The van der Waals surface area contributed by atoms with Crippen molar-refractivity contribution in [1.82, 2.24) is 0 Å². The van der Waals surface area contributed by atoms with Crippen molar-refractivity contribution in [2.75, 3.05) is 0 Å². The van der Waals surface area contributed by atoms with Gasteiger partial charge in [0, 0.05) is 0 Å². The number of benzene rings is 2. The molecule has 0 amide bonds. The van der Waals surface area contributed by atoms with Gasteiger partial charge in [0.1, 0.15) is 10.1 Å². The summed E-state index contributed by atoms with van der Waals surface area (Å²) >= 11 is 0. The molecule has 2 rings (SSSR count). The van der Waals surface area contributed by atoms with E-state index in [0.717, 1.165) is 42.0 Å². The molecule has 4 nitrogen and oxygen atoms in total. The predicted molar refractivity (Wildman–Crippen MR) is 143 cm³/mol. The van der Waals surface area contributed by atoms with Crippen molar-refractivity contribution in [3.63, 3.8) is 0 Å². The van der Waals surface area contributed by atoms with Crippen molar-refractivity contribution in [3.8, 4) is 0 Å². The molecule has 0 spiro atoms. The van der Waals surface area contributed by atoms with Gasteiger partial charge >= 0.3 is 48.9 Å². The smallest absolute Gasteiger partial charge is 0.870 e. The van der Waals surface area contributed by atoms with E-state index in [1.54, 1.807) is 0 Å². The Bertz CT molecular complexity index is 912. The zero-order valence-electron chi connectivity index (χ0n) is 21.5. The largest absolute Gasteiger partial charge is 2.00 e. The van der Waals surface area contributed by atoms with Gasteiger partial charge in [-0.2, -0.15) is 0 Å². The van der Waals surface area contributed by atoms with E-state index in [-0.39, 0.29) is 59.3 Å². The van der Waals surface area contributed by atoms with Gasteiger partial charge in [0.2, 0.25) is 0 Å². The Labute approximate surface area is 248 Å². The maximum Gasteiger partial charge on any atom is 2.00 e. The van der Waals surface area contributed by atoms with Gasteiger partial charge in [-0.15, -0.1) is 0 Å². The Morgan fingerprint density at radius 3 is 1.71 bits per heavy atom. The van der Waals surface area contributed by atoms with E-state index < -0.39 is 10.1 Å². The van der Waals surface area contributed by atoms with Crippen molar-refractivity contribution < 1.29 is 18.4 Å². The van der Waals surface area contributed by atoms with Crippen LogP contribution in [0.2, 0.25) is 0 Å². The third-order valence-electron chi connectivity index (χ3n) is 6.55. The normalized spacial score (nSPS) is 11.3. The molecule has 0 aliphatic carbocycles. The number of aryl methyl sites for hydroxylation is 2. The number of hydrogen-bond donors (Lipinski definition) is 0. The van der Waals surface area contributed by atoms with Gasteiger partial charge in [0.15, 0.2) is 0 Å². The van der Waals surface area contributed by atoms with Crippen LogP contribution in [0.1, 0.15) is 115 Å². The molecule has 0 aromatic heterocycles. The van der Waals surface area contributed by atoms with E-state index in [9.17, 15) is 13.0 Å². The summed E-state index contributed by atoms with van der Waals surface area (Å²) in [5, 5.41) is 2.07. The topological polar surface area (TPSA) is 87.2 Å². The van der Waals surface area contributed by atoms with Gasteiger partial charge in [-0.3, -0.25) is 0 Å². The molecule has 0 fully saturated rings. The van der Waals surface area contributed by atoms with E-state index in [4.69, 9.17) is 0 Å². The molecule has 0 aliphatic rings. The second kappa shape index (κ2) is 19.3. The minimum Gasteiger partial charge on any atom is -0.870 e. The predicted octanol–water partition coefficient (Wildman–Crippen LogP) is 7.77. The minimum absolute atomic E-state index is 0. The molecule has 0 aliphatic heterocycles. The third kappa shape index (κ3) is 11.9.